The van der Waals surface area contributed by atoms with Crippen molar-refractivity contribution in [1.82, 2.24) is 20.4 Å². The van der Waals surface area contributed by atoms with Gasteiger partial charge in [0.1, 0.15) is 0 Å². The normalized spacial score (nSPS) is 18.1. The van der Waals surface area contributed by atoms with Crippen LogP contribution in [0, 0.1) is 5.92 Å². The summed E-state index contributed by atoms with van der Waals surface area (Å²) in [6.07, 6.45) is 6.02. The summed E-state index contributed by atoms with van der Waals surface area (Å²) in [6.45, 7) is 6.96. The first-order chi connectivity index (χ1) is 15.1. The summed E-state index contributed by atoms with van der Waals surface area (Å²) in [5.74, 6) is 1.61. The number of carbonyl (C=O) groups excluding carboxylic acids is 2. The van der Waals surface area contributed by atoms with E-state index < -0.39 is 0 Å². The second kappa shape index (κ2) is 11.7. The fourth-order valence-electron chi connectivity index (χ4n) is 4.39. The van der Waals surface area contributed by atoms with E-state index in [0.717, 1.165) is 75.5 Å². The van der Waals surface area contributed by atoms with Gasteiger partial charge in [-0.25, -0.2) is 4.99 Å². The van der Waals surface area contributed by atoms with Gasteiger partial charge in [-0.15, -0.1) is 0 Å². The minimum atomic E-state index is 0.123. The molecule has 1 aromatic rings. The lowest BCUT2D eigenvalue weighted by Crippen LogP contribution is -2.46. The molecule has 0 aliphatic carbocycles. The molecule has 0 saturated carbocycles. The van der Waals surface area contributed by atoms with Crippen molar-refractivity contribution in [3.8, 4) is 0 Å². The molecule has 31 heavy (non-hydrogen) atoms. The summed E-state index contributed by atoms with van der Waals surface area (Å²) in [5, 5.41) is 6.12. The molecule has 1 aromatic carbocycles. The van der Waals surface area contributed by atoms with Crippen molar-refractivity contribution < 1.29 is 9.59 Å². The molecule has 2 aliphatic heterocycles. The third-order valence-corrected chi connectivity index (χ3v) is 6.23. The number of nitrogens with one attached hydrogen (secondary N) is 2. The number of hydrogen-bond donors (Lipinski definition) is 2. The number of carbonyl (C=O) groups is 2. The van der Waals surface area contributed by atoms with Gasteiger partial charge in [0.25, 0.3) is 5.91 Å². The fourth-order valence-corrected chi connectivity index (χ4v) is 4.39. The van der Waals surface area contributed by atoms with E-state index in [1.54, 1.807) is 7.05 Å². The smallest absolute Gasteiger partial charge is 0.253 e. The van der Waals surface area contributed by atoms with Crippen molar-refractivity contribution in [3.63, 3.8) is 0 Å². The topological polar surface area (TPSA) is 77.0 Å². The maximum absolute atomic E-state index is 12.8. The molecule has 2 N–H and O–H groups in total. The van der Waals surface area contributed by atoms with E-state index in [0.29, 0.717) is 18.9 Å². The van der Waals surface area contributed by atoms with Crippen LogP contribution in [0.2, 0.25) is 0 Å². The highest BCUT2D eigenvalue weighted by atomic mass is 16.2. The highest BCUT2D eigenvalue weighted by Crippen LogP contribution is 2.21. The summed E-state index contributed by atoms with van der Waals surface area (Å²) >= 11 is 0. The van der Waals surface area contributed by atoms with Crippen LogP contribution in [0.3, 0.4) is 0 Å². The molecule has 7 nitrogen and oxygen atoms in total. The van der Waals surface area contributed by atoms with Crippen molar-refractivity contribution in [3.05, 3.63) is 35.4 Å². The molecule has 0 spiro atoms. The van der Waals surface area contributed by atoms with Gasteiger partial charge in [0.15, 0.2) is 5.96 Å². The van der Waals surface area contributed by atoms with Crippen molar-refractivity contribution in [2.24, 2.45) is 10.9 Å². The van der Waals surface area contributed by atoms with Crippen LogP contribution in [0.1, 0.15) is 61.4 Å². The van der Waals surface area contributed by atoms with E-state index in [1.165, 1.54) is 6.42 Å². The van der Waals surface area contributed by atoms with Gasteiger partial charge in [-0.1, -0.05) is 12.1 Å². The van der Waals surface area contributed by atoms with Gasteiger partial charge in [-0.3, -0.25) is 9.59 Å². The monoisotopic (exact) mass is 427 g/mol. The van der Waals surface area contributed by atoms with Crippen LogP contribution in [0.25, 0.3) is 0 Å². The van der Waals surface area contributed by atoms with E-state index in [-0.39, 0.29) is 11.8 Å². The summed E-state index contributed by atoms with van der Waals surface area (Å²) < 4.78 is 0. The highest BCUT2D eigenvalue weighted by Gasteiger charge is 2.23. The molecule has 7 heteroatoms. The average molecular weight is 428 g/mol. The Morgan fingerprint density at radius 1 is 1.06 bits per heavy atom. The predicted octanol–water partition coefficient (Wildman–Crippen LogP) is 2.63. The number of guanidine groups is 1. The Labute approximate surface area is 186 Å². The Hall–Kier alpha value is -2.57. The molecular weight excluding hydrogens is 390 g/mol. The van der Waals surface area contributed by atoms with Crippen LogP contribution < -0.4 is 10.6 Å². The minimum Gasteiger partial charge on any atom is -0.359 e. The van der Waals surface area contributed by atoms with Crippen LogP contribution >= 0.6 is 0 Å². The van der Waals surface area contributed by atoms with Crippen molar-refractivity contribution in [2.75, 3.05) is 39.8 Å². The van der Waals surface area contributed by atoms with Crippen LogP contribution in [0.4, 0.5) is 0 Å². The molecule has 0 aromatic heterocycles. The Balaban J connectivity index is 1.60. The minimum absolute atomic E-state index is 0.123. The Morgan fingerprint density at radius 2 is 1.81 bits per heavy atom. The quantitative estimate of drug-likeness (QED) is 0.541. The maximum Gasteiger partial charge on any atom is 0.253 e. The molecule has 0 atom stereocenters. The van der Waals surface area contributed by atoms with Crippen LogP contribution in [-0.2, 0) is 11.3 Å². The van der Waals surface area contributed by atoms with Crippen LogP contribution in [0.5, 0.6) is 0 Å². The van der Waals surface area contributed by atoms with E-state index in [9.17, 15) is 9.59 Å². The van der Waals surface area contributed by atoms with Crippen LogP contribution in [-0.4, -0.2) is 67.3 Å². The van der Waals surface area contributed by atoms with Crippen molar-refractivity contribution in [2.45, 2.75) is 52.0 Å². The Morgan fingerprint density at radius 3 is 2.48 bits per heavy atom. The standard InChI is InChI=1S/C24H37N5O2/c1-3-26-24(29-14-10-19(11-15-29)17-22(30)25-2)27-18-20-8-7-9-21(16-20)23(31)28-12-5-4-6-13-28/h7-9,16,19H,3-6,10-15,17-18H2,1-2H3,(H,25,30)(H,26,27). The molecule has 170 valence electrons. The van der Waals surface area contributed by atoms with Crippen molar-refractivity contribution >= 4 is 17.8 Å². The first-order valence-corrected chi connectivity index (χ1v) is 11.7. The number of likely N-dealkylation sites (tertiary alicyclic amines) is 2. The second-order valence-corrected chi connectivity index (χ2v) is 8.53. The predicted molar refractivity (Wildman–Crippen MR) is 124 cm³/mol. The molecule has 0 bridgehead atoms. The molecule has 2 fully saturated rings. The van der Waals surface area contributed by atoms with Crippen molar-refractivity contribution in [1.29, 1.82) is 0 Å². The zero-order chi connectivity index (χ0) is 22.1. The molecular formula is C24H37N5O2. The number of piperidine rings is 2. The van der Waals surface area contributed by atoms with Gasteiger partial charge in [0, 0.05) is 51.8 Å². The third-order valence-electron chi connectivity index (χ3n) is 6.23. The number of hydrogen-bond acceptors (Lipinski definition) is 3. The number of benzene rings is 1. The largest absolute Gasteiger partial charge is 0.359 e. The van der Waals surface area contributed by atoms with Gasteiger partial charge in [0.2, 0.25) is 5.91 Å². The van der Waals surface area contributed by atoms with E-state index in [1.807, 2.05) is 29.2 Å². The first kappa shape index (κ1) is 23.1. The summed E-state index contributed by atoms with van der Waals surface area (Å²) in [5.41, 5.74) is 1.81. The van der Waals surface area contributed by atoms with Crippen LogP contribution in [0.15, 0.2) is 29.3 Å². The molecule has 3 rings (SSSR count). The Kier molecular flexibility index (Phi) is 8.74. The lowest BCUT2D eigenvalue weighted by atomic mass is 9.93. The fraction of sp³-hybridized carbons (Fsp3) is 0.625. The van der Waals surface area contributed by atoms with Gasteiger partial charge in [0.05, 0.1) is 6.54 Å². The van der Waals surface area contributed by atoms with Gasteiger partial charge >= 0.3 is 0 Å². The van der Waals surface area contributed by atoms with Gasteiger partial charge < -0.3 is 20.4 Å². The molecule has 0 unspecified atom stereocenters. The molecule has 2 saturated heterocycles. The summed E-state index contributed by atoms with van der Waals surface area (Å²) in [7, 11) is 1.70. The molecule has 2 aliphatic rings. The van der Waals surface area contributed by atoms with Gasteiger partial charge in [-0.2, -0.15) is 0 Å². The number of rotatable bonds is 6. The zero-order valence-electron chi connectivity index (χ0n) is 19.0. The van der Waals surface area contributed by atoms with E-state index in [4.69, 9.17) is 4.99 Å². The first-order valence-electron chi connectivity index (χ1n) is 11.7. The van der Waals surface area contributed by atoms with E-state index in [2.05, 4.69) is 22.5 Å². The number of nitrogens with zero attached hydrogens (tertiary/aromatic N) is 3. The third kappa shape index (κ3) is 6.71. The highest BCUT2D eigenvalue weighted by molar-refractivity contribution is 5.94. The Bertz CT molecular complexity index is 765. The number of aliphatic imine (C=N–C) groups is 1. The molecule has 2 heterocycles. The summed E-state index contributed by atoms with van der Waals surface area (Å²) in [4.78, 5) is 33.6. The lowest BCUT2D eigenvalue weighted by Gasteiger charge is -2.34. The van der Waals surface area contributed by atoms with Gasteiger partial charge in [-0.05, 0) is 62.6 Å². The zero-order valence-corrected chi connectivity index (χ0v) is 19.0. The average Bonchev–Trinajstić information content (AvgIpc) is 2.82. The molecule has 2 amide bonds. The summed E-state index contributed by atoms with van der Waals surface area (Å²) in [6, 6.07) is 7.89. The van der Waals surface area contributed by atoms with E-state index >= 15 is 0 Å². The number of amides is 2. The maximum atomic E-state index is 12.8. The molecule has 0 radical (unpaired) electrons. The second-order valence-electron chi connectivity index (χ2n) is 8.53. The lowest BCUT2D eigenvalue weighted by molar-refractivity contribution is -0.121. The SMILES string of the molecule is CCNC(=NCc1cccc(C(=O)N2CCCCC2)c1)N1CCC(CC(=O)NC)CC1.